The lowest BCUT2D eigenvalue weighted by atomic mass is 9.98. The minimum atomic E-state index is 0.536. The maximum atomic E-state index is 5.89. The first-order valence-electron chi connectivity index (χ1n) is 7.28. The van der Waals surface area contributed by atoms with Gasteiger partial charge in [-0.25, -0.2) is 0 Å². The number of hydrogen-bond donors (Lipinski definition) is 1. The van der Waals surface area contributed by atoms with Gasteiger partial charge in [0.2, 0.25) is 0 Å². The van der Waals surface area contributed by atoms with Crippen LogP contribution in [0.25, 0.3) is 0 Å². The van der Waals surface area contributed by atoms with Gasteiger partial charge in [-0.2, -0.15) is 0 Å². The minimum Gasteiger partial charge on any atom is -0.377 e. The lowest BCUT2D eigenvalue weighted by Crippen LogP contribution is -2.24. The summed E-state index contributed by atoms with van der Waals surface area (Å²) in [6.45, 7) is 5.02. The van der Waals surface area contributed by atoms with E-state index in [0.29, 0.717) is 6.10 Å². The van der Waals surface area contributed by atoms with Gasteiger partial charge in [-0.1, -0.05) is 26.2 Å². The van der Waals surface area contributed by atoms with Crippen molar-refractivity contribution in [2.24, 2.45) is 0 Å². The number of nitrogens with one attached hydrogen (secondary N) is 1. The summed E-state index contributed by atoms with van der Waals surface area (Å²) in [5, 5.41) is 3.46. The first-order chi connectivity index (χ1) is 8.88. The number of ether oxygens (including phenoxy) is 1. The van der Waals surface area contributed by atoms with Gasteiger partial charge in [0.1, 0.15) is 0 Å². The summed E-state index contributed by atoms with van der Waals surface area (Å²) >= 11 is 1.92. The summed E-state index contributed by atoms with van der Waals surface area (Å²) in [5.41, 5.74) is 0. The summed E-state index contributed by atoms with van der Waals surface area (Å²) in [6, 6.07) is 4.47. The molecule has 0 aromatic carbocycles. The topological polar surface area (TPSA) is 21.3 Å². The van der Waals surface area contributed by atoms with Crippen LogP contribution in [0.5, 0.6) is 0 Å². The molecule has 1 aromatic rings. The van der Waals surface area contributed by atoms with Gasteiger partial charge in [0.05, 0.1) is 12.7 Å². The smallest absolute Gasteiger partial charge is 0.0594 e. The van der Waals surface area contributed by atoms with Crippen LogP contribution in [0.15, 0.2) is 12.1 Å². The molecule has 2 rings (SSSR count). The Kier molecular flexibility index (Phi) is 6.18. The molecule has 1 aromatic heterocycles. The summed E-state index contributed by atoms with van der Waals surface area (Å²) in [6.07, 6.45) is 8.33. The molecule has 1 aliphatic rings. The first kappa shape index (κ1) is 14.0. The van der Waals surface area contributed by atoms with Gasteiger partial charge in [-0.3, -0.25) is 0 Å². The molecule has 0 spiro atoms. The van der Waals surface area contributed by atoms with Crippen LogP contribution in [0.2, 0.25) is 0 Å². The van der Waals surface area contributed by atoms with Crippen LogP contribution in [-0.4, -0.2) is 19.3 Å². The van der Waals surface area contributed by atoms with Crippen molar-refractivity contribution in [1.29, 1.82) is 0 Å². The molecule has 0 amide bonds. The Morgan fingerprint density at radius 1 is 1.22 bits per heavy atom. The number of rotatable bonds is 7. The van der Waals surface area contributed by atoms with Crippen LogP contribution in [0.4, 0.5) is 0 Å². The Morgan fingerprint density at radius 3 is 2.72 bits per heavy atom. The molecule has 1 fully saturated rings. The largest absolute Gasteiger partial charge is 0.377 e. The normalized spacial score (nSPS) is 17.2. The van der Waals surface area contributed by atoms with E-state index in [1.54, 1.807) is 0 Å². The van der Waals surface area contributed by atoms with E-state index in [1.165, 1.54) is 41.9 Å². The van der Waals surface area contributed by atoms with E-state index < -0.39 is 0 Å². The minimum absolute atomic E-state index is 0.536. The van der Waals surface area contributed by atoms with Crippen LogP contribution < -0.4 is 5.32 Å². The van der Waals surface area contributed by atoms with Gasteiger partial charge in [-0.05, 0) is 31.4 Å². The van der Waals surface area contributed by atoms with Crippen molar-refractivity contribution in [3.8, 4) is 0 Å². The first-order valence-corrected chi connectivity index (χ1v) is 8.10. The fourth-order valence-corrected chi connectivity index (χ4v) is 3.38. The molecule has 0 bridgehead atoms. The monoisotopic (exact) mass is 267 g/mol. The zero-order valence-corrected chi connectivity index (χ0v) is 12.2. The maximum Gasteiger partial charge on any atom is 0.0594 e. The van der Waals surface area contributed by atoms with Gasteiger partial charge in [0, 0.05) is 22.8 Å². The van der Waals surface area contributed by atoms with Crippen LogP contribution in [0, 0.1) is 0 Å². The van der Waals surface area contributed by atoms with Crippen LogP contribution in [-0.2, 0) is 17.7 Å². The van der Waals surface area contributed by atoms with E-state index in [1.807, 2.05) is 11.3 Å². The quantitative estimate of drug-likeness (QED) is 0.760. The number of hydrogen-bond acceptors (Lipinski definition) is 3. The maximum absolute atomic E-state index is 5.89. The predicted octanol–water partition coefficient (Wildman–Crippen LogP) is 3.75. The second-order valence-electron chi connectivity index (χ2n) is 5.03. The highest BCUT2D eigenvalue weighted by Crippen LogP contribution is 2.20. The Bertz CT molecular complexity index is 331. The number of aryl methyl sites for hydroxylation is 1. The highest BCUT2D eigenvalue weighted by molar-refractivity contribution is 7.11. The average Bonchev–Trinajstić information content (AvgIpc) is 2.87. The lowest BCUT2D eigenvalue weighted by Gasteiger charge is -2.21. The highest BCUT2D eigenvalue weighted by atomic mass is 32.1. The van der Waals surface area contributed by atoms with Gasteiger partial charge in [-0.15, -0.1) is 11.3 Å². The van der Waals surface area contributed by atoms with E-state index in [2.05, 4.69) is 24.4 Å². The van der Waals surface area contributed by atoms with Gasteiger partial charge >= 0.3 is 0 Å². The molecule has 1 saturated carbocycles. The molecule has 102 valence electrons. The Labute approximate surface area is 115 Å². The molecule has 0 unspecified atom stereocenters. The molecular formula is C15H25NOS. The predicted molar refractivity (Wildman–Crippen MR) is 78.2 cm³/mol. The molecule has 0 saturated heterocycles. The Morgan fingerprint density at radius 2 is 2.00 bits per heavy atom. The van der Waals surface area contributed by atoms with Crippen molar-refractivity contribution >= 4 is 11.3 Å². The van der Waals surface area contributed by atoms with E-state index in [4.69, 9.17) is 4.74 Å². The fourth-order valence-electron chi connectivity index (χ4n) is 2.45. The number of thiophene rings is 1. The van der Waals surface area contributed by atoms with Crippen LogP contribution in [0.1, 0.15) is 48.8 Å². The van der Waals surface area contributed by atoms with Crippen molar-refractivity contribution in [2.75, 3.05) is 13.2 Å². The third-order valence-electron chi connectivity index (χ3n) is 3.55. The molecule has 1 aliphatic carbocycles. The van der Waals surface area contributed by atoms with Gasteiger partial charge in [0.25, 0.3) is 0 Å². The van der Waals surface area contributed by atoms with Crippen molar-refractivity contribution in [3.63, 3.8) is 0 Å². The van der Waals surface area contributed by atoms with Gasteiger partial charge < -0.3 is 10.1 Å². The standard InChI is InChI=1S/C15H25NOS/c1-2-14-8-9-15(18-14)12-16-10-11-17-13-6-4-3-5-7-13/h8-9,13,16H,2-7,10-12H2,1H3. The molecule has 1 N–H and O–H groups in total. The zero-order valence-electron chi connectivity index (χ0n) is 11.4. The van der Waals surface area contributed by atoms with Crippen molar-refractivity contribution in [1.82, 2.24) is 5.32 Å². The zero-order chi connectivity index (χ0) is 12.6. The van der Waals surface area contributed by atoms with E-state index in [-0.39, 0.29) is 0 Å². The molecule has 2 nitrogen and oxygen atoms in total. The lowest BCUT2D eigenvalue weighted by molar-refractivity contribution is 0.0302. The highest BCUT2D eigenvalue weighted by Gasteiger charge is 2.12. The second kappa shape index (κ2) is 7.93. The molecule has 0 atom stereocenters. The summed E-state index contributed by atoms with van der Waals surface area (Å²) < 4.78 is 5.89. The van der Waals surface area contributed by atoms with E-state index in [0.717, 1.165) is 26.1 Å². The van der Waals surface area contributed by atoms with Crippen molar-refractivity contribution in [3.05, 3.63) is 21.9 Å². The SMILES string of the molecule is CCc1ccc(CNCCOC2CCCCC2)s1. The molecule has 18 heavy (non-hydrogen) atoms. The molecule has 0 radical (unpaired) electrons. The third-order valence-corrected chi connectivity index (χ3v) is 4.78. The summed E-state index contributed by atoms with van der Waals surface area (Å²) in [5.74, 6) is 0. The van der Waals surface area contributed by atoms with Crippen LogP contribution >= 0.6 is 11.3 Å². The second-order valence-corrected chi connectivity index (χ2v) is 6.28. The molecule has 0 aliphatic heterocycles. The van der Waals surface area contributed by atoms with E-state index in [9.17, 15) is 0 Å². The molecule has 1 heterocycles. The van der Waals surface area contributed by atoms with Crippen molar-refractivity contribution in [2.45, 2.75) is 58.1 Å². The summed E-state index contributed by atoms with van der Waals surface area (Å²) in [4.78, 5) is 2.91. The Balaban J connectivity index is 1.52. The van der Waals surface area contributed by atoms with Crippen LogP contribution in [0.3, 0.4) is 0 Å². The molecule has 3 heteroatoms. The Hall–Kier alpha value is -0.380. The summed E-state index contributed by atoms with van der Waals surface area (Å²) in [7, 11) is 0. The van der Waals surface area contributed by atoms with E-state index >= 15 is 0 Å². The third kappa shape index (κ3) is 4.71. The molecular weight excluding hydrogens is 242 g/mol. The van der Waals surface area contributed by atoms with Gasteiger partial charge in [0.15, 0.2) is 0 Å². The fraction of sp³-hybridized carbons (Fsp3) is 0.733. The average molecular weight is 267 g/mol. The van der Waals surface area contributed by atoms with Crippen molar-refractivity contribution < 1.29 is 4.74 Å².